The van der Waals surface area contributed by atoms with E-state index in [0.717, 1.165) is 6.92 Å². The second-order valence-corrected chi connectivity index (χ2v) is 15.2. The maximum absolute atomic E-state index is 13.8. The molecule has 0 aromatic carbocycles. The number of aliphatic hydroxyl groups is 2. The number of hydrogen-bond donors (Lipinski definition) is 15. The van der Waals surface area contributed by atoms with Crippen LogP contribution >= 0.6 is 0 Å². The summed E-state index contributed by atoms with van der Waals surface area (Å²) in [4.78, 5) is 131. The van der Waals surface area contributed by atoms with Crippen molar-refractivity contribution in [3.63, 3.8) is 0 Å². The average molecular weight is 904 g/mol. The molecule has 0 fully saturated rings. The number of guanidine groups is 1. The zero-order valence-electron chi connectivity index (χ0n) is 36.2. The number of hydrogen-bond acceptors (Lipinski definition) is 14. The normalized spacial score (nSPS) is 15.8. The van der Waals surface area contributed by atoms with Crippen molar-refractivity contribution in [3.8, 4) is 0 Å². The molecule has 18 N–H and O–H groups in total. The zero-order chi connectivity index (χ0) is 48.7. The van der Waals surface area contributed by atoms with Gasteiger partial charge in [0.2, 0.25) is 41.4 Å². The van der Waals surface area contributed by atoms with Crippen molar-refractivity contribution in [2.45, 2.75) is 141 Å². The minimum atomic E-state index is -1.88. The number of amides is 7. The highest BCUT2D eigenvalue weighted by atomic mass is 16.4. The number of nitrogens with two attached hydrogens (primary N) is 3. The van der Waals surface area contributed by atoms with Gasteiger partial charge in [0.25, 0.3) is 0 Å². The molecule has 0 spiro atoms. The highest BCUT2D eigenvalue weighted by Gasteiger charge is 2.37. The Kier molecular flexibility index (Phi) is 25.7. The molecule has 0 rings (SSSR count). The zero-order valence-corrected chi connectivity index (χ0v) is 36.2. The molecule has 26 heteroatoms. The van der Waals surface area contributed by atoms with E-state index in [0.29, 0.717) is 0 Å². The number of rotatable bonds is 30. The summed E-state index contributed by atoms with van der Waals surface area (Å²) in [6, 6.07) is -12.2. The first-order valence-electron chi connectivity index (χ1n) is 20.2. The van der Waals surface area contributed by atoms with Gasteiger partial charge in [-0.3, -0.25) is 48.1 Å². The van der Waals surface area contributed by atoms with E-state index in [2.05, 4.69) is 42.2 Å². The summed E-state index contributed by atoms with van der Waals surface area (Å²) in [5.41, 5.74) is 16.3. The number of carboxylic acid groups (broad SMARTS) is 3. The van der Waals surface area contributed by atoms with Crippen LogP contribution < -0.4 is 54.4 Å². The van der Waals surface area contributed by atoms with E-state index in [1.807, 2.05) is 0 Å². The fourth-order valence-electron chi connectivity index (χ4n) is 5.52. The Morgan fingerprint density at radius 2 is 0.952 bits per heavy atom. The Morgan fingerprint density at radius 3 is 1.37 bits per heavy atom. The second-order valence-electron chi connectivity index (χ2n) is 15.2. The summed E-state index contributed by atoms with van der Waals surface area (Å²) < 4.78 is 0. The SMILES string of the molecule is CC[C@H](C)[C@H](NC(=O)[C@@H](NC(=O)[C@H](CCCN=C(N)N)NC(=O)[C@H](C)N)[C@@H](C)O)C(=O)N[C@@H](CCC(=O)O)C(=O)N[C@@H](CO)C(=O)N[C@@H](CCC(=O)O)C(=O)N[C@H](C(=O)O)C(C)C. The lowest BCUT2D eigenvalue weighted by atomic mass is 9.96. The number of aliphatic imine (C=N–C) groups is 1. The lowest BCUT2D eigenvalue weighted by Gasteiger charge is -2.30. The highest BCUT2D eigenvalue weighted by Crippen LogP contribution is 2.12. The van der Waals surface area contributed by atoms with Gasteiger partial charge >= 0.3 is 17.9 Å². The Balaban J connectivity index is 6.41. The molecule has 0 unspecified atom stereocenters. The van der Waals surface area contributed by atoms with Gasteiger partial charge in [0.05, 0.1) is 18.8 Å². The Bertz CT molecular complexity index is 1640. The molecule has 0 heterocycles. The van der Waals surface area contributed by atoms with E-state index in [1.54, 1.807) is 6.92 Å². The summed E-state index contributed by atoms with van der Waals surface area (Å²) in [7, 11) is 0. The van der Waals surface area contributed by atoms with E-state index in [9.17, 15) is 73.5 Å². The first-order valence-corrected chi connectivity index (χ1v) is 20.2. The maximum Gasteiger partial charge on any atom is 0.326 e. The van der Waals surface area contributed by atoms with Crippen LogP contribution in [0.1, 0.15) is 86.5 Å². The standard InChI is InChI=1S/C37H65N11O15/c1-7-17(4)27(47-35(61)28(19(6)50)48-31(57)20(42-29(55)18(5)38)9-8-14-41-37(39)40)34(60)44-21(10-12-24(51)52)30(56)45-23(15-49)33(59)43-22(11-13-25(53)54)32(58)46-26(16(2)3)36(62)63/h16-23,26-28,49-50H,7-15,38H2,1-6H3,(H,42,55)(H,43,59)(H,44,60)(H,45,56)(H,46,58)(H,47,61)(H,48,57)(H,51,52)(H,53,54)(H,62,63)(H4,39,40,41)/t17-,18-,19+,20-,21-,22-,23-,26-,27-,28-/m0/s1. The van der Waals surface area contributed by atoms with Crippen LogP contribution in [0.3, 0.4) is 0 Å². The highest BCUT2D eigenvalue weighted by molar-refractivity contribution is 5.98. The van der Waals surface area contributed by atoms with Crippen LogP contribution in [0.4, 0.5) is 0 Å². The molecular weight excluding hydrogens is 838 g/mol. The van der Waals surface area contributed by atoms with Crippen molar-refractivity contribution in [2.24, 2.45) is 34.0 Å². The van der Waals surface area contributed by atoms with Crippen LogP contribution in [0.15, 0.2) is 4.99 Å². The van der Waals surface area contributed by atoms with Crippen LogP contribution in [-0.4, -0.2) is 158 Å². The molecule has 63 heavy (non-hydrogen) atoms. The number of carbonyl (C=O) groups excluding carboxylic acids is 7. The van der Waals surface area contributed by atoms with Crippen molar-refractivity contribution < 1.29 is 73.5 Å². The predicted molar refractivity (Wildman–Crippen MR) is 222 cm³/mol. The van der Waals surface area contributed by atoms with Gasteiger partial charge < -0.3 is 80.0 Å². The molecule has 0 aliphatic carbocycles. The quantitative estimate of drug-likeness (QED) is 0.0182. The minimum Gasteiger partial charge on any atom is -0.481 e. The average Bonchev–Trinajstić information content (AvgIpc) is 3.19. The number of aliphatic hydroxyl groups excluding tert-OH is 2. The van der Waals surface area contributed by atoms with E-state index < -0.39 is 158 Å². The van der Waals surface area contributed by atoms with Gasteiger partial charge in [0.1, 0.15) is 42.3 Å². The molecular formula is C37H65N11O15. The van der Waals surface area contributed by atoms with Gasteiger partial charge in [0, 0.05) is 19.4 Å². The summed E-state index contributed by atoms with van der Waals surface area (Å²) in [6.07, 6.45) is -3.69. The maximum atomic E-state index is 13.8. The summed E-state index contributed by atoms with van der Waals surface area (Å²) in [5.74, 6) is -13.0. The summed E-state index contributed by atoms with van der Waals surface area (Å²) in [5, 5.41) is 64.7. The van der Waals surface area contributed by atoms with E-state index >= 15 is 0 Å². The molecule has 0 aliphatic rings. The molecule has 0 saturated heterocycles. The summed E-state index contributed by atoms with van der Waals surface area (Å²) >= 11 is 0. The van der Waals surface area contributed by atoms with Crippen molar-refractivity contribution in [1.82, 2.24) is 37.2 Å². The third kappa shape index (κ3) is 21.5. The molecule has 7 amide bonds. The Labute approximate surface area is 363 Å². The monoisotopic (exact) mass is 903 g/mol. The Hall–Kier alpha value is -6.15. The van der Waals surface area contributed by atoms with Crippen LogP contribution in [0.2, 0.25) is 0 Å². The first-order chi connectivity index (χ1) is 29.3. The first kappa shape index (κ1) is 56.8. The number of nitrogens with zero attached hydrogens (tertiary/aromatic N) is 1. The third-order valence-corrected chi connectivity index (χ3v) is 9.45. The predicted octanol–water partition coefficient (Wildman–Crippen LogP) is -5.33. The Morgan fingerprint density at radius 1 is 0.556 bits per heavy atom. The fourth-order valence-corrected chi connectivity index (χ4v) is 5.52. The van der Waals surface area contributed by atoms with Gasteiger partial charge in [-0.05, 0) is 51.4 Å². The molecule has 10 atom stereocenters. The van der Waals surface area contributed by atoms with Gasteiger partial charge in [-0.2, -0.15) is 0 Å². The molecule has 0 aromatic heterocycles. The van der Waals surface area contributed by atoms with Gasteiger partial charge in [-0.15, -0.1) is 0 Å². The van der Waals surface area contributed by atoms with Crippen LogP contribution in [0.25, 0.3) is 0 Å². The number of nitrogens with one attached hydrogen (secondary N) is 7. The van der Waals surface area contributed by atoms with E-state index in [4.69, 9.17) is 17.2 Å². The molecule has 0 radical (unpaired) electrons. The molecule has 0 aliphatic heterocycles. The molecule has 358 valence electrons. The van der Waals surface area contributed by atoms with Crippen molar-refractivity contribution in [3.05, 3.63) is 0 Å². The van der Waals surface area contributed by atoms with Crippen LogP contribution in [-0.2, 0) is 47.9 Å². The number of aliphatic carboxylic acids is 3. The van der Waals surface area contributed by atoms with E-state index in [1.165, 1.54) is 27.7 Å². The van der Waals surface area contributed by atoms with Crippen LogP contribution in [0, 0.1) is 11.8 Å². The van der Waals surface area contributed by atoms with Crippen molar-refractivity contribution in [2.75, 3.05) is 13.2 Å². The topological polar surface area (TPSA) is 446 Å². The second kappa shape index (κ2) is 28.5. The largest absolute Gasteiger partial charge is 0.481 e. The fraction of sp³-hybridized carbons (Fsp3) is 0.703. The van der Waals surface area contributed by atoms with Gasteiger partial charge in [-0.1, -0.05) is 34.1 Å². The molecule has 26 nitrogen and oxygen atoms in total. The lowest BCUT2D eigenvalue weighted by molar-refractivity contribution is -0.144. The molecule has 0 bridgehead atoms. The van der Waals surface area contributed by atoms with Gasteiger partial charge in [-0.25, -0.2) is 4.79 Å². The lowest BCUT2D eigenvalue weighted by Crippen LogP contribution is -2.62. The molecule has 0 aromatic rings. The van der Waals surface area contributed by atoms with Crippen molar-refractivity contribution >= 4 is 65.2 Å². The third-order valence-electron chi connectivity index (χ3n) is 9.45. The number of carboxylic acids is 3. The molecule has 0 saturated carbocycles. The minimum absolute atomic E-state index is 0.0299. The smallest absolute Gasteiger partial charge is 0.326 e. The van der Waals surface area contributed by atoms with E-state index in [-0.39, 0.29) is 31.8 Å². The summed E-state index contributed by atoms with van der Waals surface area (Å²) in [6.45, 7) is 7.63. The van der Waals surface area contributed by atoms with Crippen molar-refractivity contribution in [1.29, 1.82) is 0 Å². The number of carbonyl (C=O) groups is 10. The van der Waals surface area contributed by atoms with Crippen LogP contribution in [0.5, 0.6) is 0 Å². The van der Waals surface area contributed by atoms with Gasteiger partial charge in [0.15, 0.2) is 5.96 Å².